The average Bonchev–Trinajstić information content (AvgIpc) is 3.07. The first-order valence-corrected chi connectivity index (χ1v) is 6.64. The zero-order valence-electron chi connectivity index (χ0n) is 11.9. The molecule has 2 rings (SSSR count). The van der Waals surface area contributed by atoms with Crippen molar-refractivity contribution >= 4 is 5.69 Å². The van der Waals surface area contributed by atoms with Crippen molar-refractivity contribution in [3.63, 3.8) is 0 Å². The molecule has 18 heavy (non-hydrogen) atoms. The summed E-state index contributed by atoms with van der Waals surface area (Å²) in [7, 11) is 3.76. The molecule has 3 nitrogen and oxygen atoms in total. The van der Waals surface area contributed by atoms with E-state index in [4.69, 9.17) is 4.74 Å². The molecule has 1 saturated carbocycles. The van der Waals surface area contributed by atoms with Gasteiger partial charge in [-0.1, -0.05) is 6.07 Å². The van der Waals surface area contributed by atoms with Crippen LogP contribution in [0.4, 0.5) is 5.69 Å². The van der Waals surface area contributed by atoms with Crippen LogP contribution in [0.15, 0.2) is 12.1 Å². The summed E-state index contributed by atoms with van der Waals surface area (Å²) in [5.41, 5.74) is 4.10. The topological polar surface area (TPSA) is 33.3 Å². The van der Waals surface area contributed by atoms with Gasteiger partial charge in [-0.3, -0.25) is 0 Å². The summed E-state index contributed by atoms with van der Waals surface area (Å²) >= 11 is 0. The number of anilines is 1. The molecule has 1 aromatic carbocycles. The second kappa shape index (κ2) is 5.19. The molecule has 0 atom stereocenters. The van der Waals surface area contributed by atoms with Gasteiger partial charge in [0.2, 0.25) is 0 Å². The van der Waals surface area contributed by atoms with Gasteiger partial charge in [0.25, 0.3) is 0 Å². The summed E-state index contributed by atoms with van der Waals surface area (Å²) in [6, 6.07) is 4.29. The fraction of sp³-hybridized carbons (Fsp3) is 0.600. The van der Waals surface area contributed by atoms with Crippen LogP contribution in [-0.4, -0.2) is 27.2 Å². The predicted octanol–water partition coefficient (Wildman–Crippen LogP) is 2.72. The number of methoxy groups -OCH3 is 1. The Labute approximate surface area is 110 Å². The van der Waals surface area contributed by atoms with Crippen LogP contribution in [0.25, 0.3) is 0 Å². The minimum atomic E-state index is 0.455. The highest BCUT2D eigenvalue weighted by molar-refractivity contribution is 5.63. The summed E-state index contributed by atoms with van der Waals surface area (Å²) < 4.78 is 5.47. The smallest absolute Gasteiger partial charge is 0.142 e. The molecule has 1 aromatic rings. The first kappa shape index (κ1) is 13.2. The van der Waals surface area contributed by atoms with Crippen molar-refractivity contribution in [2.24, 2.45) is 5.41 Å². The van der Waals surface area contributed by atoms with Gasteiger partial charge >= 0.3 is 0 Å². The molecule has 0 amide bonds. The molecular weight excluding hydrogens is 224 g/mol. The molecule has 0 saturated heterocycles. The Morgan fingerprint density at radius 1 is 1.22 bits per heavy atom. The molecule has 0 radical (unpaired) electrons. The first-order valence-electron chi connectivity index (χ1n) is 6.64. The number of hydrogen-bond acceptors (Lipinski definition) is 3. The van der Waals surface area contributed by atoms with Crippen LogP contribution in [0.3, 0.4) is 0 Å². The fourth-order valence-corrected chi connectivity index (χ4v) is 2.56. The molecule has 0 heterocycles. The third-order valence-electron chi connectivity index (χ3n) is 3.81. The Kier molecular flexibility index (Phi) is 3.81. The SMILES string of the molecule is CNCC1(CNc2c(C)cc(C)cc2OC)CC1. The quantitative estimate of drug-likeness (QED) is 0.812. The van der Waals surface area contributed by atoms with E-state index < -0.39 is 0 Å². The Hall–Kier alpha value is -1.22. The molecule has 3 heteroatoms. The van der Waals surface area contributed by atoms with Crippen LogP contribution < -0.4 is 15.4 Å². The van der Waals surface area contributed by atoms with Gasteiger partial charge in [-0.25, -0.2) is 0 Å². The molecule has 1 fully saturated rings. The number of aryl methyl sites for hydroxylation is 2. The van der Waals surface area contributed by atoms with Crippen molar-refractivity contribution in [1.82, 2.24) is 5.32 Å². The van der Waals surface area contributed by atoms with E-state index in [0.29, 0.717) is 5.41 Å². The van der Waals surface area contributed by atoms with Crippen LogP contribution in [0, 0.1) is 19.3 Å². The Morgan fingerprint density at radius 2 is 1.94 bits per heavy atom. The third-order valence-corrected chi connectivity index (χ3v) is 3.81. The van der Waals surface area contributed by atoms with E-state index in [0.717, 1.165) is 24.5 Å². The summed E-state index contributed by atoms with van der Waals surface area (Å²) in [4.78, 5) is 0. The maximum Gasteiger partial charge on any atom is 0.142 e. The predicted molar refractivity (Wildman–Crippen MR) is 76.6 cm³/mol. The van der Waals surface area contributed by atoms with Gasteiger partial charge in [0, 0.05) is 18.5 Å². The number of rotatable bonds is 6. The molecule has 0 bridgehead atoms. The summed E-state index contributed by atoms with van der Waals surface area (Å²) in [5, 5.41) is 6.87. The maximum absolute atomic E-state index is 5.47. The van der Waals surface area contributed by atoms with Crippen molar-refractivity contribution in [3.05, 3.63) is 23.3 Å². The number of ether oxygens (including phenoxy) is 1. The van der Waals surface area contributed by atoms with Crippen molar-refractivity contribution in [1.29, 1.82) is 0 Å². The van der Waals surface area contributed by atoms with Crippen LogP contribution >= 0.6 is 0 Å². The van der Waals surface area contributed by atoms with Crippen LogP contribution in [0.5, 0.6) is 5.75 Å². The standard InChI is InChI=1S/C15H24N2O/c1-11-7-12(2)14(13(8-11)18-4)17-10-15(5-6-15)9-16-3/h7-8,16-17H,5-6,9-10H2,1-4H3. The largest absolute Gasteiger partial charge is 0.495 e. The summed E-state index contributed by atoms with van der Waals surface area (Å²) in [5.74, 6) is 0.952. The highest BCUT2D eigenvalue weighted by Crippen LogP contribution is 2.45. The monoisotopic (exact) mass is 248 g/mol. The molecule has 0 spiro atoms. The second-order valence-electron chi connectivity index (χ2n) is 5.54. The number of benzene rings is 1. The fourth-order valence-electron chi connectivity index (χ4n) is 2.56. The van der Waals surface area contributed by atoms with Gasteiger partial charge < -0.3 is 15.4 Å². The van der Waals surface area contributed by atoms with E-state index in [1.165, 1.54) is 24.0 Å². The van der Waals surface area contributed by atoms with E-state index in [-0.39, 0.29) is 0 Å². The molecule has 0 aromatic heterocycles. The van der Waals surface area contributed by atoms with Crippen molar-refractivity contribution in [2.75, 3.05) is 32.6 Å². The van der Waals surface area contributed by atoms with Gasteiger partial charge in [-0.2, -0.15) is 0 Å². The minimum absolute atomic E-state index is 0.455. The second-order valence-corrected chi connectivity index (χ2v) is 5.54. The van der Waals surface area contributed by atoms with Crippen LogP contribution in [-0.2, 0) is 0 Å². The van der Waals surface area contributed by atoms with Crippen molar-refractivity contribution < 1.29 is 4.74 Å². The average molecular weight is 248 g/mol. The van der Waals surface area contributed by atoms with E-state index in [2.05, 4.69) is 36.6 Å². The minimum Gasteiger partial charge on any atom is -0.495 e. The van der Waals surface area contributed by atoms with E-state index in [1.54, 1.807) is 7.11 Å². The van der Waals surface area contributed by atoms with Crippen LogP contribution in [0.2, 0.25) is 0 Å². The lowest BCUT2D eigenvalue weighted by molar-refractivity contribution is 0.415. The van der Waals surface area contributed by atoms with Crippen LogP contribution in [0.1, 0.15) is 24.0 Å². The van der Waals surface area contributed by atoms with E-state index in [1.807, 2.05) is 7.05 Å². The normalized spacial score (nSPS) is 16.4. The molecule has 0 unspecified atom stereocenters. The molecule has 1 aliphatic carbocycles. The number of nitrogens with one attached hydrogen (secondary N) is 2. The van der Waals surface area contributed by atoms with Crippen molar-refractivity contribution in [2.45, 2.75) is 26.7 Å². The van der Waals surface area contributed by atoms with Crippen molar-refractivity contribution in [3.8, 4) is 5.75 Å². The van der Waals surface area contributed by atoms with E-state index >= 15 is 0 Å². The molecule has 100 valence electrons. The Balaban J connectivity index is 2.09. The zero-order valence-corrected chi connectivity index (χ0v) is 11.9. The van der Waals surface area contributed by atoms with Gasteiger partial charge in [0.1, 0.15) is 5.75 Å². The summed E-state index contributed by atoms with van der Waals surface area (Å²) in [6.45, 7) is 6.35. The molecule has 1 aliphatic rings. The molecule has 2 N–H and O–H groups in total. The Morgan fingerprint density at radius 3 is 2.50 bits per heavy atom. The van der Waals surface area contributed by atoms with Gasteiger partial charge in [-0.15, -0.1) is 0 Å². The number of hydrogen-bond donors (Lipinski definition) is 2. The van der Waals surface area contributed by atoms with Gasteiger partial charge in [-0.05, 0) is 50.9 Å². The lowest BCUT2D eigenvalue weighted by Gasteiger charge is -2.20. The van der Waals surface area contributed by atoms with E-state index in [9.17, 15) is 0 Å². The van der Waals surface area contributed by atoms with Gasteiger partial charge in [0.15, 0.2) is 0 Å². The first-order chi connectivity index (χ1) is 8.60. The molecule has 0 aliphatic heterocycles. The highest BCUT2D eigenvalue weighted by atomic mass is 16.5. The van der Waals surface area contributed by atoms with Gasteiger partial charge in [0.05, 0.1) is 12.8 Å². The zero-order chi connectivity index (χ0) is 13.2. The lowest BCUT2D eigenvalue weighted by atomic mass is 10.1. The molecular formula is C15H24N2O. The lowest BCUT2D eigenvalue weighted by Crippen LogP contribution is -2.27. The Bertz CT molecular complexity index is 425. The highest BCUT2D eigenvalue weighted by Gasteiger charge is 2.41. The maximum atomic E-state index is 5.47. The summed E-state index contributed by atoms with van der Waals surface area (Å²) in [6.07, 6.45) is 2.63. The third kappa shape index (κ3) is 2.78.